The summed E-state index contributed by atoms with van der Waals surface area (Å²) in [6, 6.07) is 5.57. The summed E-state index contributed by atoms with van der Waals surface area (Å²) in [5.74, 6) is -3.38. The number of rotatable bonds is 3. The lowest BCUT2D eigenvalue weighted by molar-refractivity contribution is 0.234. The Bertz CT molecular complexity index is 525. The summed E-state index contributed by atoms with van der Waals surface area (Å²) in [4.78, 5) is 1.72. The molecule has 0 aliphatic carbocycles. The van der Waals surface area contributed by atoms with E-state index in [2.05, 4.69) is 4.90 Å². The van der Waals surface area contributed by atoms with Gasteiger partial charge in [0.2, 0.25) is 9.84 Å². The smallest absolute Gasteiger partial charge is 0.341 e. The Balaban J connectivity index is 2.15. The fourth-order valence-corrected chi connectivity index (χ4v) is 2.97. The zero-order valence-corrected chi connectivity index (χ0v) is 11.7. The normalized spacial score (nSPS) is 18.0. The van der Waals surface area contributed by atoms with Gasteiger partial charge in [-0.15, -0.1) is 11.6 Å². The van der Waals surface area contributed by atoms with E-state index in [1.807, 2.05) is 0 Å². The summed E-state index contributed by atoms with van der Waals surface area (Å²) in [7, 11) is -4.51. The monoisotopic (exact) mass is 309 g/mol. The molecule has 106 valence electrons. The molecule has 1 aliphatic heterocycles. The van der Waals surface area contributed by atoms with Crippen LogP contribution in [0.1, 0.15) is 12.8 Å². The van der Waals surface area contributed by atoms with Crippen LogP contribution in [0.5, 0.6) is 0 Å². The Labute approximate surface area is 116 Å². The Kier molecular flexibility index (Phi) is 4.30. The highest BCUT2D eigenvalue weighted by Crippen LogP contribution is 2.25. The molecule has 2 rings (SSSR count). The second kappa shape index (κ2) is 5.63. The minimum absolute atomic E-state index is 0.176. The van der Waals surface area contributed by atoms with Crippen molar-refractivity contribution in [3.63, 3.8) is 0 Å². The molecule has 7 heteroatoms. The van der Waals surface area contributed by atoms with Crippen LogP contribution in [0.4, 0.5) is 14.5 Å². The van der Waals surface area contributed by atoms with Crippen LogP contribution in [-0.4, -0.2) is 32.6 Å². The lowest BCUT2D eigenvalue weighted by Crippen LogP contribution is -2.33. The molecule has 0 aromatic heterocycles. The van der Waals surface area contributed by atoms with Crippen LogP contribution in [0, 0.1) is 0 Å². The number of benzene rings is 1. The van der Waals surface area contributed by atoms with Crippen LogP contribution in [0.2, 0.25) is 0 Å². The molecule has 1 aromatic rings. The third-order valence-corrected chi connectivity index (χ3v) is 5.02. The number of halogens is 3. The highest BCUT2D eigenvalue weighted by molar-refractivity contribution is 7.91. The number of anilines is 1. The van der Waals surface area contributed by atoms with Gasteiger partial charge in [-0.1, -0.05) is 0 Å². The molecule has 1 fully saturated rings. The van der Waals surface area contributed by atoms with Crippen molar-refractivity contribution >= 4 is 27.1 Å². The van der Waals surface area contributed by atoms with Gasteiger partial charge in [0.1, 0.15) is 0 Å². The van der Waals surface area contributed by atoms with Crippen molar-refractivity contribution < 1.29 is 17.2 Å². The first-order chi connectivity index (χ1) is 8.91. The Hall–Kier alpha value is -0.880. The van der Waals surface area contributed by atoms with Gasteiger partial charge < -0.3 is 4.90 Å². The molecule has 3 nitrogen and oxygen atoms in total. The topological polar surface area (TPSA) is 37.4 Å². The van der Waals surface area contributed by atoms with E-state index in [-0.39, 0.29) is 10.3 Å². The van der Waals surface area contributed by atoms with E-state index in [1.54, 1.807) is 12.1 Å². The average molecular weight is 310 g/mol. The predicted molar refractivity (Wildman–Crippen MR) is 70.7 cm³/mol. The lowest BCUT2D eigenvalue weighted by atomic mass is 10.1. The molecule has 19 heavy (non-hydrogen) atoms. The molecule has 0 radical (unpaired) electrons. The SMILES string of the molecule is O=S(=O)(c1ccc(N2CCC(Cl)CC2)cc1)C(F)F. The van der Waals surface area contributed by atoms with Crippen LogP contribution in [0.15, 0.2) is 29.2 Å². The van der Waals surface area contributed by atoms with E-state index >= 15 is 0 Å². The van der Waals surface area contributed by atoms with E-state index < -0.39 is 15.6 Å². The van der Waals surface area contributed by atoms with Gasteiger partial charge in [-0.25, -0.2) is 8.42 Å². The van der Waals surface area contributed by atoms with Crippen molar-refractivity contribution in [3.8, 4) is 0 Å². The molecular weight excluding hydrogens is 296 g/mol. The highest BCUT2D eigenvalue weighted by Gasteiger charge is 2.26. The third kappa shape index (κ3) is 3.17. The second-order valence-electron chi connectivity index (χ2n) is 4.46. The van der Waals surface area contributed by atoms with Gasteiger partial charge in [-0.05, 0) is 37.1 Å². The average Bonchev–Trinajstić information content (AvgIpc) is 2.39. The molecule has 1 heterocycles. The van der Waals surface area contributed by atoms with Crippen molar-refractivity contribution in [3.05, 3.63) is 24.3 Å². The molecule has 0 spiro atoms. The van der Waals surface area contributed by atoms with Crippen LogP contribution in [0.25, 0.3) is 0 Å². The summed E-state index contributed by atoms with van der Waals surface area (Å²) < 4.78 is 47.3. The van der Waals surface area contributed by atoms with Crippen LogP contribution in [-0.2, 0) is 9.84 Å². The van der Waals surface area contributed by atoms with E-state index in [1.165, 1.54) is 12.1 Å². The minimum Gasteiger partial charge on any atom is -0.371 e. The molecule has 0 unspecified atom stereocenters. The van der Waals surface area contributed by atoms with Crippen LogP contribution >= 0.6 is 11.6 Å². The standard InChI is InChI=1S/C12H14ClF2NO2S/c13-9-5-7-16(8-6-9)10-1-3-11(4-2-10)19(17,18)12(14)15/h1-4,9,12H,5-8H2. The van der Waals surface area contributed by atoms with Gasteiger partial charge >= 0.3 is 5.76 Å². The van der Waals surface area contributed by atoms with Gasteiger partial charge in [-0.3, -0.25) is 0 Å². The van der Waals surface area contributed by atoms with Crippen LogP contribution in [0.3, 0.4) is 0 Å². The van der Waals surface area contributed by atoms with Crippen molar-refractivity contribution in [2.45, 2.75) is 28.9 Å². The number of nitrogens with zero attached hydrogens (tertiary/aromatic N) is 1. The first kappa shape index (κ1) is 14.5. The van der Waals surface area contributed by atoms with Gasteiger partial charge in [0.05, 0.1) is 4.90 Å². The first-order valence-electron chi connectivity index (χ1n) is 5.92. The Morgan fingerprint density at radius 3 is 2.16 bits per heavy atom. The number of sulfone groups is 1. The maximum atomic E-state index is 12.4. The van der Waals surface area contributed by atoms with E-state index in [4.69, 9.17) is 11.6 Å². The van der Waals surface area contributed by atoms with E-state index in [0.29, 0.717) is 0 Å². The third-order valence-electron chi connectivity index (χ3n) is 3.19. The predicted octanol–water partition coefficient (Wildman–Crippen LogP) is 2.89. The zero-order chi connectivity index (χ0) is 14.0. The van der Waals surface area contributed by atoms with Gasteiger partial charge in [0.15, 0.2) is 0 Å². The molecule has 1 aromatic carbocycles. The summed E-state index contributed by atoms with van der Waals surface area (Å²) >= 11 is 6.00. The van der Waals surface area contributed by atoms with E-state index in [9.17, 15) is 17.2 Å². The van der Waals surface area contributed by atoms with E-state index in [0.717, 1.165) is 31.6 Å². The van der Waals surface area contributed by atoms with Crippen molar-refractivity contribution in [2.24, 2.45) is 0 Å². The minimum atomic E-state index is -4.51. The molecule has 0 bridgehead atoms. The number of alkyl halides is 3. The fourth-order valence-electron chi connectivity index (χ4n) is 2.06. The maximum Gasteiger partial charge on any atom is 0.341 e. The molecule has 1 aliphatic rings. The highest BCUT2D eigenvalue weighted by atomic mass is 35.5. The largest absolute Gasteiger partial charge is 0.371 e. The summed E-state index contributed by atoms with van der Waals surface area (Å²) in [6.45, 7) is 1.57. The Morgan fingerprint density at radius 1 is 1.16 bits per heavy atom. The van der Waals surface area contributed by atoms with Crippen molar-refractivity contribution in [2.75, 3.05) is 18.0 Å². The lowest BCUT2D eigenvalue weighted by Gasteiger charge is -2.31. The second-order valence-corrected chi connectivity index (χ2v) is 7.00. The van der Waals surface area contributed by atoms with Crippen LogP contribution < -0.4 is 4.90 Å². The van der Waals surface area contributed by atoms with Crippen molar-refractivity contribution in [1.29, 1.82) is 0 Å². The zero-order valence-electron chi connectivity index (χ0n) is 10.1. The van der Waals surface area contributed by atoms with Crippen molar-refractivity contribution in [1.82, 2.24) is 0 Å². The number of hydrogen-bond donors (Lipinski definition) is 0. The summed E-state index contributed by atoms with van der Waals surface area (Å²) in [5, 5.41) is 0.176. The summed E-state index contributed by atoms with van der Waals surface area (Å²) in [6.07, 6.45) is 1.72. The fraction of sp³-hybridized carbons (Fsp3) is 0.500. The molecule has 0 amide bonds. The molecule has 1 saturated heterocycles. The number of piperidine rings is 1. The molecule has 0 saturated carbocycles. The molecular formula is C12H14ClF2NO2S. The van der Waals surface area contributed by atoms with Gasteiger partial charge in [0.25, 0.3) is 0 Å². The summed E-state index contributed by atoms with van der Waals surface area (Å²) in [5.41, 5.74) is 0.830. The maximum absolute atomic E-state index is 12.4. The van der Waals surface area contributed by atoms with Gasteiger partial charge in [0, 0.05) is 24.2 Å². The molecule has 0 N–H and O–H groups in total. The quantitative estimate of drug-likeness (QED) is 0.806. The van der Waals surface area contributed by atoms with Gasteiger partial charge in [-0.2, -0.15) is 8.78 Å². The number of hydrogen-bond acceptors (Lipinski definition) is 3. The Morgan fingerprint density at radius 2 is 1.68 bits per heavy atom. The first-order valence-corrected chi connectivity index (χ1v) is 7.90. The molecule has 0 atom stereocenters.